The van der Waals surface area contributed by atoms with E-state index < -0.39 is 17.3 Å². The average molecular weight is 254 g/mol. The van der Waals surface area contributed by atoms with Crippen molar-refractivity contribution in [2.75, 3.05) is 0 Å². The predicted octanol–water partition coefficient (Wildman–Crippen LogP) is 3.48. The Balaban J connectivity index is 3.48. The minimum absolute atomic E-state index is 0.0229. The van der Waals surface area contributed by atoms with Gasteiger partial charge in [0.05, 0.1) is 5.56 Å². The van der Waals surface area contributed by atoms with Gasteiger partial charge in [0.15, 0.2) is 0 Å². The quantitative estimate of drug-likeness (QED) is 0.819. The molecule has 1 aromatic carbocycles. The van der Waals surface area contributed by atoms with Crippen LogP contribution < -0.4 is 5.90 Å². The van der Waals surface area contributed by atoms with E-state index in [0.717, 1.165) is 6.07 Å². The highest BCUT2D eigenvalue weighted by atomic mass is 35.5. The second-order valence-corrected chi connectivity index (χ2v) is 4.20. The van der Waals surface area contributed by atoms with Crippen LogP contribution in [0.15, 0.2) is 18.2 Å². The van der Waals surface area contributed by atoms with Crippen LogP contribution in [0.1, 0.15) is 25.0 Å². The topological polar surface area (TPSA) is 35.2 Å². The lowest BCUT2D eigenvalue weighted by molar-refractivity contribution is -0.141. The van der Waals surface area contributed by atoms with E-state index in [0.29, 0.717) is 0 Å². The van der Waals surface area contributed by atoms with Gasteiger partial charge in [-0.25, -0.2) is 5.90 Å². The molecule has 0 aliphatic heterocycles. The van der Waals surface area contributed by atoms with Gasteiger partial charge in [-0.05, 0) is 26.0 Å². The molecule has 0 atom stereocenters. The van der Waals surface area contributed by atoms with Crippen LogP contribution in [0.25, 0.3) is 0 Å². The van der Waals surface area contributed by atoms with Crippen molar-refractivity contribution in [2.24, 2.45) is 5.90 Å². The van der Waals surface area contributed by atoms with Crippen molar-refractivity contribution in [1.29, 1.82) is 0 Å². The third-order valence-electron chi connectivity index (χ3n) is 2.22. The first kappa shape index (κ1) is 13.3. The largest absolute Gasteiger partial charge is 0.416 e. The molecule has 90 valence electrons. The summed E-state index contributed by atoms with van der Waals surface area (Å²) in [4.78, 5) is 4.56. The van der Waals surface area contributed by atoms with Gasteiger partial charge in [-0.2, -0.15) is 13.2 Å². The number of nitrogens with two attached hydrogens (primary N) is 1. The van der Waals surface area contributed by atoms with Crippen LogP contribution in [0.3, 0.4) is 0 Å². The van der Waals surface area contributed by atoms with Gasteiger partial charge in [-0.3, -0.25) is 4.84 Å². The molecule has 0 spiro atoms. The molecule has 0 bridgehead atoms. The molecule has 0 saturated carbocycles. The third-order valence-corrected chi connectivity index (χ3v) is 2.53. The summed E-state index contributed by atoms with van der Waals surface area (Å²) in [6, 6.07) is 3.55. The molecule has 2 nitrogen and oxygen atoms in total. The first-order valence-electron chi connectivity index (χ1n) is 4.44. The highest BCUT2D eigenvalue weighted by Crippen LogP contribution is 2.40. The van der Waals surface area contributed by atoms with Gasteiger partial charge in [-0.1, -0.05) is 17.7 Å². The fourth-order valence-corrected chi connectivity index (χ4v) is 1.83. The summed E-state index contributed by atoms with van der Waals surface area (Å²) in [5.41, 5.74) is -2.30. The maximum absolute atomic E-state index is 12.7. The van der Waals surface area contributed by atoms with E-state index in [1.54, 1.807) is 0 Å². The van der Waals surface area contributed by atoms with Gasteiger partial charge in [0.25, 0.3) is 0 Å². The van der Waals surface area contributed by atoms with Crippen molar-refractivity contribution < 1.29 is 18.0 Å². The molecule has 0 unspecified atom stereocenters. The van der Waals surface area contributed by atoms with E-state index in [2.05, 4.69) is 4.84 Å². The molecule has 1 aromatic rings. The van der Waals surface area contributed by atoms with Gasteiger partial charge in [-0.15, -0.1) is 0 Å². The van der Waals surface area contributed by atoms with Gasteiger partial charge >= 0.3 is 6.18 Å². The van der Waals surface area contributed by atoms with Gasteiger partial charge in [0.2, 0.25) is 0 Å². The zero-order valence-corrected chi connectivity index (χ0v) is 9.49. The van der Waals surface area contributed by atoms with Gasteiger partial charge in [0, 0.05) is 10.6 Å². The number of rotatable bonds is 2. The Morgan fingerprint density at radius 3 is 2.25 bits per heavy atom. The molecule has 0 aliphatic carbocycles. The number of benzene rings is 1. The maximum atomic E-state index is 12.7. The first-order chi connectivity index (χ1) is 7.20. The fraction of sp³-hybridized carbons (Fsp3) is 0.400. The number of hydrogen-bond acceptors (Lipinski definition) is 2. The van der Waals surface area contributed by atoms with Crippen molar-refractivity contribution in [2.45, 2.75) is 25.6 Å². The summed E-state index contributed by atoms with van der Waals surface area (Å²) < 4.78 is 38.2. The van der Waals surface area contributed by atoms with Crippen molar-refractivity contribution in [3.05, 3.63) is 34.3 Å². The normalized spacial score (nSPS) is 12.9. The highest BCUT2D eigenvalue weighted by Gasteiger charge is 2.39. The Morgan fingerprint density at radius 2 is 1.81 bits per heavy atom. The summed E-state index contributed by atoms with van der Waals surface area (Å²) in [5, 5.41) is -0.0229. The Hall–Kier alpha value is -0.780. The molecule has 0 aliphatic rings. The van der Waals surface area contributed by atoms with E-state index in [4.69, 9.17) is 17.5 Å². The number of halogens is 4. The van der Waals surface area contributed by atoms with Crippen LogP contribution in [-0.2, 0) is 16.6 Å². The Morgan fingerprint density at radius 1 is 1.25 bits per heavy atom. The minimum atomic E-state index is -4.49. The second-order valence-electron chi connectivity index (χ2n) is 3.79. The molecular weight excluding hydrogens is 243 g/mol. The first-order valence-corrected chi connectivity index (χ1v) is 4.82. The summed E-state index contributed by atoms with van der Waals surface area (Å²) in [6.45, 7) is 2.84. The van der Waals surface area contributed by atoms with Crippen LogP contribution in [0.5, 0.6) is 0 Å². The monoisotopic (exact) mass is 253 g/mol. The second kappa shape index (κ2) is 4.24. The third kappa shape index (κ3) is 2.48. The van der Waals surface area contributed by atoms with Crippen LogP contribution in [0.4, 0.5) is 13.2 Å². The van der Waals surface area contributed by atoms with Crippen molar-refractivity contribution >= 4 is 11.6 Å². The van der Waals surface area contributed by atoms with Gasteiger partial charge < -0.3 is 0 Å². The zero-order valence-electron chi connectivity index (χ0n) is 8.73. The Kier molecular flexibility index (Phi) is 3.52. The standard InChI is InChI=1S/C10H11ClF3NO/c1-9(2,16-15)8-6(10(12,13)14)4-3-5-7(8)11/h3-5H,15H2,1-2H3. The van der Waals surface area contributed by atoms with E-state index in [1.807, 2.05) is 0 Å². The molecular formula is C10H11ClF3NO. The van der Waals surface area contributed by atoms with Crippen LogP contribution in [0, 0.1) is 0 Å². The van der Waals surface area contributed by atoms with E-state index in [9.17, 15) is 13.2 Å². The lowest BCUT2D eigenvalue weighted by atomic mass is 9.92. The van der Waals surface area contributed by atoms with Gasteiger partial charge in [0.1, 0.15) is 5.60 Å². The number of hydrogen-bond donors (Lipinski definition) is 1. The Bertz CT molecular complexity index is 390. The van der Waals surface area contributed by atoms with E-state index in [-0.39, 0.29) is 10.6 Å². The summed E-state index contributed by atoms with van der Waals surface area (Å²) in [5.74, 6) is 4.99. The Labute approximate surface area is 96.1 Å². The van der Waals surface area contributed by atoms with Crippen LogP contribution >= 0.6 is 11.6 Å². The van der Waals surface area contributed by atoms with E-state index in [1.165, 1.54) is 26.0 Å². The summed E-state index contributed by atoms with van der Waals surface area (Å²) in [7, 11) is 0. The van der Waals surface area contributed by atoms with Crippen molar-refractivity contribution in [3.63, 3.8) is 0 Å². The predicted molar refractivity (Wildman–Crippen MR) is 54.8 cm³/mol. The summed E-state index contributed by atoms with van der Waals surface area (Å²) >= 11 is 5.76. The minimum Gasteiger partial charge on any atom is -0.294 e. The van der Waals surface area contributed by atoms with Crippen LogP contribution in [0.2, 0.25) is 5.02 Å². The molecule has 0 saturated heterocycles. The lowest BCUT2D eigenvalue weighted by Crippen LogP contribution is -2.29. The average Bonchev–Trinajstić information content (AvgIpc) is 2.15. The molecule has 0 heterocycles. The molecule has 0 radical (unpaired) electrons. The zero-order chi connectivity index (χ0) is 12.6. The number of alkyl halides is 3. The molecule has 2 N–H and O–H groups in total. The molecule has 6 heteroatoms. The van der Waals surface area contributed by atoms with Crippen LogP contribution in [-0.4, -0.2) is 0 Å². The maximum Gasteiger partial charge on any atom is 0.416 e. The molecule has 0 fully saturated rings. The van der Waals surface area contributed by atoms with Crippen molar-refractivity contribution in [3.8, 4) is 0 Å². The van der Waals surface area contributed by atoms with Crippen molar-refractivity contribution in [1.82, 2.24) is 0 Å². The lowest BCUT2D eigenvalue weighted by Gasteiger charge is -2.27. The highest BCUT2D eigenvalue weighted by molar-refractivity contribution is 6.31. The molecule has 1 rings (SSSR count). The molecule has 16 heavy (non-hydrogen) atoms. The van der Waals surface area contributed by atoms with E-state index >= 15 is 0 Å². The smallest absolute Gasteiger partial charge is 0.294 e. The fourth-order valence-electron chi connectivity index (χ4n) is 1.43. The SMILES string of the molecule is CC(C)(ON)c1c(Cl)cccc1C(F)(F)F. The summed E-state index contributed by atoms with van der Waals surface area (Å²) in [6.07, 6.45) is -4.49. The molecule has 0 aromatic heterocycles. The molecule has 0 amide bonds.